The summed E-state index contributed by atoms with van der Waals surface area (Å²) >= 11 is 1.18. The SMILES string of the molecule is C=CCOc1ccc(CN(C)C(=O)NCc2ccc(S(=O)(=O)N(CC)CC)s2)cc1. The third kappa shape index (κ3) is 6.32. The van der Waals surface area contributed by atoms with Crippen LogP contribution >= 0.6 is 11.3 Å². The first-order valence-corrected chi connectivity index (χ1v) is 12.0. The highest BCUT2D eigenvalue weighted by Gasteiger charge is 2.23. The van der Waals surface area contributed by atoms with E-state index in [9.17, 15) is 13.2 Å². The smallest absolute Gasteiger partial charge is 0.317 e. The molecule has 1 aromatic heterocycles. The van der Waals surface area contributed by atoms with Crippen LogP contribution in [0.25, 0.3) is 0 Å². The second kappa shape index (κ2) is 11.1. The number of sulfonamides is 1. The average Bonchev–Trinajstić information content (AvgIpc) is 3.22. The highest BCUT2D eigenvalue weighted by molar-refractivity contribution is 7.91. The monoisotopic (exact) mass is 451 g/mol. The van der Waals surface area contributed by atoms with E-state index < -0.39 is 10.0 Å². The van der Waals surface area contributed by atoms with E-state index in [1.807, 2.05) is 38.1 Å². The maximum Gasteiger partial charge on any atom is 0.317 e. The number of rotatable bonds is 11. The van der Waals surface area contributed by atoms with Gasteiger partial charge in [-0.05, 0) is 29.8 Å². The fourth-order valence-corrected chi connectivity index (χ4v) is 5.68. The maximum absolute atomic E-state index is 12.6. The molecule has 0 saturated heterocycles. The molecule has 7 nitrogen and oxygen atoms in total. The van der Waals surface area contributed by atoms with Gasteiger partial charge in [0.1, 0.15) is 16.6 Å². The third-order valence-corrected chi connectivity index (χ3v) is 8.01. The molecule has 2 aromatic rings. The number of carbonyl (C=O) groups is 1. The van der Waals surface area contributed by atoms with Crippen molar-refractivity contribution < 1.29 is 17.9 Å². The summed E-state index contributed by atoms with van der Waals surface area (Å²) in [6, 6.07) is 10.6. The molecule has 0 fully saturated rings. The van der Waals surface area contributed by atoms with Gasteiger partial charge in [0.15, 0.2) is 0 Å². The molecule has 0 radical (unpaired) electrons. The van der Waals surface area contributed by atoms with Gasteiger partial charge >= 0.3 is 6.03 Å². The van der Waals surface area contributed by atoms with Gasteiger partial charge in [0.25, 0.3) is 10.0 Å². The molecule has 164 valence electrons. The molecule has 2 amide bonds. The van der Waals surface area contributed by atoms with Crippen molar-refractivity contribution in [3.63, 3.8) is 0 Å². The maximum atomic E-state index is 12.6. The molecular weight excluding hydrogens is 422 g/mol. The fraction of sp³-hybridized carbons (Fsp3) is 0.381. The van der Waals surface area contributed by atoms with Crippen molar-refractivity contribution in [3.8, 4) is 5.75 Å². The number of ether oxygens (including phenoxy) is 1. The Morgan fingerprint density at radius 3 is 2.43 bits per heavy atom. The number of hydrogen-bond acceptors (Lipinski definition) is 5. The number of benzene rings is 1. The van der Waals surface area contributed by atoms with Crippen LogP contribution in [0.2, 0.25) is 0 Å². The lowest BCUT2D eigenvalue weighted by Gasteiger charge is -2.18. The third-order valence-electron chi connectivity index (χ3n) is 4.41. The van der Waals surface area contributed by atoms with Crippen LogP contribution in [0.5, 0.6) is 5.75 Å². The van der Waals surface area contributed by atoms with Crippen LogP contribution in [0.3, 0.4) is 0 Å². The number of amides is 2. The number of carbonyl (C=O) groups excluding carboxylic acids is 1. The lowest BCUT2D eigenvalue weighted by molar-refractivity contribution is 0.206. The molecule has 0 aliphatic carbocycles. The van der Waals surface area contributed by atoms with Crippen LogP contribution in [0.1, 0.15) is 24.3 Å². The minimum Gasteiger partial charge on any atom is -0.490 e. The topological polar surface area (TPSA) is 79.0 Å². The van der Waals surface area contributed by atoms with E-state index in [0.29, 0.717) is 30.5 Å². The van der Waals surface area contributed by atoms with E-state index in [0.717, 1.165) is 16.2 Å². The molecular formula is C21H29N3O4S2. The highest BCUT2D eigenvalue weighted by atomic mass is 32.2. The largest absolute Gasteiger partial charge is 0.490 e. The summed E-state index contributed by atoms with van der Waals surface area (Å²) in [4.78, 5) is 14.7. The Hall–Kier alpha value is -2.36. The number of hydrogen-bond donors (Lipinski definition) is 1. The minimum absolute atomic E-state index is 0.233. The minimum atomic E-state index is -3.47. The quantitative estimate of drug-likeness (QED) is 0.529. The lowest BCUT2D eigenvalue weighted by Crippen LogP contribution is -2.36. The molecule has 0 spiro atoms. The molecule has 0 saturated carbocycles. The molecule has 1 N–H and O–H groups in total. The highest BCUT2D eigenvalue weighted by Crippen LogP contribution is 2.25. The van der Waals surface area contributed by atoms with Gasteiger partial charge in [-0.15, -0.1) is 11.3 Å². The van der Waals surface area contributed by atoms with Gasteiger partial charge in [-0.3, -0.25) is 0 Å². The van der Waals surface area contributed by atoms with Crippen molar-refractivity contribution in [3.05, 3.63) is 59.5 Å². The zero-order valence-corrected chi connectivity index (χ0v) is 19.3. The van der Waals surface area contributed by atoms with Crippen molar-refractivity contribution in [2.45, 2.75) is 31.1 Å². The molecule has 30 heavy (non-hydrogen) atoms. The van der Waals surface area contributed by atoms with Crippen molar-refractivity contribution in [1.29, 1.82) is 0 Å². The van der Waals surface area contributed by atoms with E-state index in [4.69, 9.17) is 4.74 Å². The second-order valence-electron chi connectivity index (χ2n) is 6.57. The van der Waals surface area contributed by atoms with Gasteiger partial charge in [0, 0.05) is 31.6 Å². The van der Waals surface area contributed by atoms with Gasteiger partial charge in [-0.2, -0.15) is 4.31 Å². The molecule has 9 heteroatoms. The molecule has 0 unspecified atom stereocenters. The van der Waals surface area contributed by atoms with Gasteiger partial charge in [0.2, 0.25) is 0 Å². The molecule has 1 heterocycles. The molecule has 0 aliphatic rings. The van der Waals surface area contributed by atoms with Gasteiger partial charge in [0.05, 0.1) is 6.54 Å². The van der Waals surface area contributed by atoms with Gasteiger partial charge in [-0.1, -0.05) is 38.6 Å². The summed E-state index contributed by atoms with van der Waals surface area (Å²) in [6.07, 6.45) is 1.68. The lowest BCUT2D eigenvalue weighted by atomic mass is 10.2. The van der Waals surface area contributed by atoms with E-state index in [1.165, 1.54) is 15.6 Å². The van der Waals surface area contributed by atoms with E-state index in [1.54, 1.807) is 30.2 Å². The van der Waals surface area contributed by atoms with E-state index in [2.05, 4.69) is 11.9 Å². The summed E-state index contributed by atoms with van der Waals surface area (Å²) in [6.45, 7) is 9.25. The Kier molecular flexibility index (Phi) is 8.88. The summed E-state index contributed by atoms with van der Waals surface area (Å²) < 4.78 is 32.3. The summed E-state index contributed by atoms with van der Waals surface area (Å²) in [5.41, 5.74) is 0.974. The zero-order chi connectivity index (χ0) is 22.1. The standard InChI is InChI=1S/C21H29N3O4S2/c1-5-14-28-18-10-8-17(9-11-18)16-23(4)21(25)22-15-19-12-13-20(29-19)30(26,27)24(6-2)7-3/h5,8-13H,1,6-7,14-16H2,2-4H3,(H,22,25). The number of urea groups is 1. The summed E-state index contributed by atoms with van der Waals surface area (Å²) in [5, 5.41) is 2.83. The Balaban J connectivity index is 1.89. The summed E-state index contributed by atoms with van der Waals surface area (Å²) in [7, 11) is -1.76. The molecule has 1 aromatic carbocycles. The summed E-state index contributed by atoms with van der Waals surface area (Å²) in [5.74, 6) is 0.749. The molecule has 0 atom stereocenters. The van der Waals surface area contributed by atoms with Crippen LogP contribution in [-0.4, -0.2) is 50.4 Å². The van der Waals surface area contributed by atoms with Crippen LogP contribution in [0, 0.1) is 0 Å². The van der Waals surface area contributed by atoms with Crippen LogP contribution in [0.4, 0.5) is 4.79 Å². The van der Waals surface area contributed by atoms with Crippen molar-refractivity contribution in [2.24, 2.45) is 0 Å². The average molecular weight is 452 g/mol. The Morgan fingerprint density at radius 1 is 1.17 bits per heavy atom. The molecule has 2 rings (SSSR count). The molecule has 0 bridgehead atoms. The van der Waals surface area contributed by atoms with E-state index in [-0.39, 0.29) is 12.6 Å². The Labute approximate surface area is 183 Å². The van der Waals surface area contributed by atoms with Crippen molar-refractivity contribution >= 4 is 27.4 Å². The fourth-order valence-electron chi connectivity index (χ4n) is 2.77. The zero-order valence-electron chi connectivity index (χ0n) is 17.6. The van der Waals surface area contributed by atoms with Crippen molar-refractivity contribution in [2.75, 3.05) is 26.7 Å². The van der Waals surface area contributed by atoms with E-state index >= 15 is 0 Å². The first kappa shape index (κ1) is 23.9. The van der Waals surface area contributed by atoms with Crippen LogP contribution < -0.4 is 10.1 Å². The van der Waals surface area contributed by atoms with Crippen molar-refractivity contribution in [1.82, 2.24) is 14.5 Å². The normalized spacial score (nSPS) is 11.3. The second-order valence-corrected chi connectivity index (χ2v) is 9.90. The van der Waals surface area contributed by atoms with Crippen LogP contribution in [-0.2, 0) is 23.1 Å². The predicted molar refractivity (Wildman–Crippen MR) is 120 cm³/mol. The first-order chi connectivity index (χ1) is 14.3. The molecule has 0 aliphatic heterocycles. The van der Waals surface area contributed by atoms with Gasteiger partial charge in [-0.25, -0.2) is 13.2 Å². The van der Waals surface area contributed by atoms with Gasteiger partial charge < -0.3 is 15.0 Å². The Morgan fingerprint density at radius 2 is 1.83 bits per heavy atom. The van der Waals surface area contributed by atoms with Crippen LogP contribution in [0.15, 0.2) is 53.3 Å². The predicted octanol–water partition coefficient (Wildman–Crippen LogP) is 3.69. The Bertz CT molecular complexity index is 935. The number of thiophene rings is 1. The first-order valence-electron chi connectivity index (χ1n) is 9.72. The number of nitrogens with one attached hydrogen (secondary N) is 1. The number of nitrogens with zero attached hydrogens (tertiary/aromatic N) is 2.